The zero-order chi connectivity index (χ0) is 40.0. The minimum atomic E-state index is -1.84. The van der Waals surface area contributed by atoms with Crippen molar-refractivity contribution in [3.8, 4) is 34.0 Å². The van der Waals surface area contributed by atoms with Gasteiger partial charge in [-0.3, -0.25) is 19.6 Å². The number of aliphatic hydroxyl groups is 1. The van der Waals surface area contributed by atoms with Crippen LogP contribution in [0.5, 0.6) is 11.6 Å². The predicted octanol–water partition coefficient (Wildman–Crippen LogP) is 8.29. The summed E-state index contributed by atoms with van der Waals surface area (Å²) >= 11 is 14.2. The third-order valence-corrected chi connectivity index (χ3v) is 17.6. The van der Waals surface area contributed by atoms with Gasteiger partial charge in [-0.25, -0.2) is 9.97 Å². The van der Waals surface area contributed by atoms with Crippen molar-refractivity contribution in [3.05, 3.63) is 86.9 Å². The number of benzene rings is 2. The van der Waals surface area contributed by atoms with Gasteiger partial charge in [-0.2, -0.15) is 0 Å². The van der Waals surface area contributed by atoms with Crippen LogP contribution in [0.25, 0.3) is 22.4 Å². The van der Waals surface area contributed by atoms with E-state index in [1.807, 2.05) is 36.4 Å². The lowest BCUT2D eigenvalue weighted by Gasteiger charge is -2.57. The number of Topliss-reactive ketones (excluding diaryl/α,β-unsaturated/α-hetero) is 1. The number of hydrogen-bond acceptors (Lipinski definition) is 10. The summed E-state index contributed by atoms with van der Waals surface area (Å²) in [5, 5.41) is 10.8. The largest absolute Gasteiger partial charge is 0.496 e. The maximum atomic E-state index is 13.9. The minimum Gasteiger partial charge on any atom is -0.496 e. The van der Waals surface area contributed by atoms with E-state index in [0.717, 1.165) is 62.4 Å². The van der Waals surface area contributed by atoms with Crippen LogP contribution in [0, 0.1) is 5.41 Å². The van der Waals surface area contributed by atoms with E-state index in [4.69, 9.17) is 52.1 Å². The molecule has 1 N–H and O–H groups in total. The highest BCUT2D eigenvalue weighted by molar-refractivity contribution is 6.74. The molecule has 2 aromatic carbocycles. The summed E-state index contributed by atoms with van der Waals surface area (Å²) in [6.07, 6.45) is 4.17. The number of halogens is 2. The molecule has 2 aliphatic heterocycles. The Morgan fingerprint density at radius 3 is 2.36 bits per heavy atom. The van der Waals surface area contributed by atoms with E-state index >= 15 is 0 Å². The zero-order valence-electron chi connectivity index (χ0n) is 33.5. The molecule has 10 nitrogen and oxygen atoms in total. The van der Waals surface area contributed by atoms with Gasteiger partial charge in [0.15, 0.2) is 14.1 Å². The minimum absolute atomic E-state index is 0.0614. The van der Waals surface area contributed by atoms with Crippen molar-refractivity contribution in [2.75, 3.05) is 47.0 Å². The fourth-order valence-corrected chi connectivity index (χ4v) is 9.72. The molecular weight excluding hydrogens is 765 g/mol. The van der Waals surface area contributed by atoms with Crippen molar-refractivity contribution in [1.29, 1.82) is 0 Å². The molecule has 0 unspecified atom stereocenters. The number of aromatic nitrogens is 3. The summed E-state index contributed by atoms with van der Waals surface area (Å²) in [7, 11) is 1.39. The van der Waals surface area contributed by atoms with Gasteiger partial charge in [-0.15, -0.1) is 0 Å². The van der Waals surface area contributed by atoms with E-state index < -0.39 is 8.32 Å². The fourth-order valence-electron chi connectivity index (χ4n) is 8.07. The summed E-state index contributed by atoms with van der Waals surface area (Å²) in [4.78, 5) is 33.0. The first-order valence-electron chi connectivity index (χ1n) is 19.4. The van der Waals surface area contributed by atoms with E-state index in [0.29, 0.717) is 75.0 Å². The number of fused-ring (bicyclic) bond motifs is 1. The van der Waals surface area contributed by atoms with E-state index in [2.05, 4.69) is 43.7 Å². The van der Waals surface area contributed by atoms with Crippen molar-refractivity contribution in [2.45, 2.75) is 83.8 Å². The molecule has 1 saturated heterocycles. The van der Waals surface area contributed by atoms with Gasteiger partial charge >= 0.3 is 0 Å². The van der Waals surface area contributed by atoms with Crippen molar-refractivity contribution in [2.24, 2.45) is 5.41 Å². The molecule has 1 aliphatic carbocycles. The summed E-state index contributed by atoms with van der Waals surface area (Å²) in [6, 6.07) is 13.1. The molecule has 0 atom stereocenters. The normalized spacial score (nSPS) is 17.3. The van der Waals surface area contributed by atoms with Crippen LogP contribution < -0.4 is 9.47 Å². The highest BCUT2D eigenvalue weighted by Gasteiger charge is 2.51. The van der Waals surface area contributed by atoms with Crippen molar-refractivity contribution in [3.63, 3.8) is 0 Å². The summed E-state index contributed by atoms with van der Waals surface area (Å²) in [5.41, 5.74) is 6.66. The maximum Gasteiger partial charge on any atom is 0.237 e. The van der Waals surface area contributed by atoms with Gasteiger partial charge in [0.2, 0.25) is 5.88 Å². The molecule has 298 valence electrons. The Labute approximate surface area is 341 Å². The van der Waals surface area contributed by atoms with Crippen LogP contribution >= 0.6 is 23.2 Å². The first kappa shape index (κ1) is 40.8. The lowest BCUT2D eigenvalue weighted by Crippen LogP contribution is -2.63. The first-order chi connectivity index (χ1) is 26.6. The Balaban J connectivity index is 1.06. The van der Waals surface area contributed by atoms with E-state index in [1.165, 1.54) is 0 Å². The average Bonchev–Trinajstić information content (AvgIpc) is 3.13. The van der Waals surface area contributed by atoms with Gasteiger partial charge in [0, 0.05) is 86.0 Å². The molecule has 0 amide bonds. The second kappa shape index (κ2) is 16.1. The number of carbonyl (C=O) groups is 1. The number of methoxy groups -OCH3 is 2. The molecule has 2 fully saturated rings. The standard InChI is InChI=1S/C43H53Cl2N5O5Si/c1-42(2,3)56(6,7)55-17-16-49-15-14-31-35(23-49)47-33(19-38(31)53-4)37(52)18-27-10-8-11-29(39(27)44)30-12-9-13-32(40(30)45)34-22-46-36(41(48-34)54-5)24-50-25-43(26-50)20-28(51)21-43/h8-13,19,22,28,51H,14-18,20-21,23-26H2,1-7H3. The highest BCUT2D eigenvalue weighted by Crippen LogP contribution is 2.49. The van der Waals surface area contributed by atoms with E-state index in [1.54, 1.807) is 26.5 Å². The second-order valence-electron chi connectivity index (χ2n) is 17.2. The number of aliphatic hydroxyl groups excluding tert-OH is 1. The van der Waals surface area contributed by atoms with Crippen LogP contribution in [-0.4, -0.2) is 97.1 Å². The third-order valence-electron chi connectivity index (χ3n) is 12.2. The number of ether oxygens (including phenoxy) is 2. The first-order valence-corrected chi connectivity index (χ1v) is 23.1. The molecule has 4 aromatic rings. The molecule has 0 bridgehead atoms. The second-order valence-corrected chi connectivity index (χ2v) is 22.8. The monoisotopic (exact) mass is 817 g/mol. The number of ketones is 1. The van der Waals surface area contributed by atoms with Gasteiger partial charge in [-0.1, -0.05) is 80.4 Å². The smallest absolute Gasteiger partial charge is 0.237 e. The summed E-state index contributed by atoms with van der Waals surface area (Å²) in [5.74, 6) is 0.993. The number of pyridine rings is 1. The quantitative estimate of drug-likeness (QED) is 0.105. The van der Waals surface area contributed by atoms with E-state index in [-0.39, 0.29) is 28.8 Å². The molecule has 4 heterocycles. The van der Waals surface area contributed by atoms with Crippen LogP contribution in [0.1, 0.15) is 66.6 Å². The Kier molecular flexibility index (Phi) is 11.7. The highest BCUT2D eigenvalue weighted by atomic mass is 35.5. The molecule has 13 heteroatoms. The fraction of sp³-hybridized carbons (Fsp3) is 0.488. The molecule has 2 aromatic heterocycles. The van der Waals surface area contributed by atoms with Gasteiger partial charge < -0.3 is 19.0 Å². The number of nitrogens with zero attached hydrogens (tertiary/aromatic N) is 5. The van der Waals surface area contributed by atoms with Crippen LogP contribution in [-0.2, 0) is 30.4 Å². The number of carbonyl (C=O) groups excluding carboxylic acids is 1. The third kappa shape index (κ3) is 8.27. The Morgan fingerprint density at radius 2 is 1.68 bits per heavy atom. The van der Waals surface area contributed by atoms with Gasteiger partial charge in [-0.05, 0) is 43.0 Å². The summed E-state index contributed by atoms with van der Waals surface area (Å²) < 4.78 is 17.9. The van der Waals surface area contributed by atoms with Crippen molar-refractivity contribution >= 4 is 37.3 Å². The van der Waals surface area contributed by atoms with Crippen LogP contribution in [0.15, 0.2) is 48.7 Å². The molecule has 0 radical (unpaired) electrons. The molecule has 1 spiro atoms. The van der Waals surface area contributed by atoms with Crippen LogP contribution in [0.3, 0.4) is 0 Å². The topological polar surface area (TPSA) is 110 Å². The average molecular weight is 819 g/mol. The molecule has 7 rings (SSSR count). The molecule has 3 aliphatic rings. The number of hydrogen-bond donors (Lipinski definition) is 1. The molecular formula is C43H53Cl2N5O5Si. The Hall–Kier alpha value is -3.42. The van der Waals surface area contributed by atoms with Gasteiger partial charge in [0.1, 0.15) is 17.1 Å². The Morgan fingerprint density at radius 1 is 0.982 bits per heavy atom. The number of likely N-dealkylation sites (tertiary alicyclic amines) is 1. The van der Waals surface area contributed by atoms with Crippen LogP contribution in [0.2, 0.25) is 28.2 Å². The van der Waals surface area contributed by atoms with Gasteiger partial charge in [0.25, 0.3) is 0 Å². The number of rotatable bonds is 13. The van der Waals surface area contributed by atoms with E-state index in [9.17, 15) is 9.90 Å². The lowest BCUT2D eigenvalue weighted by molar-refractivity contribution is -0.131. The van der Waals surface area contributed by atoms with Crippen molar-refractivity contribution < 1.29 is 23.8 Å². The Bertz CT molecular complexity index is 2110. The van der Waals surface area contributed by atoms with Gasteiger partial charge in [0.05, 0.1) is 48.0 Å². The summed E-state index contributed by atoms with van der Waals surface area (Å²) in [6.45, 7) is 16.8. The predicted molar refractivity (Wildman–Crippen MR) is 223 cm³/mol. The van der Waals surface area contributed by atoms with Crippen molar-refractivity contribution in [1.82, 2.24) is 24.8 Å². The molecule has 1 saturated carbocycles. The zero-order valence-corrected chi connectivity index (χ0v) is 36.1. The van der Waals surface area contributed by atoms with Crippen LogP contribution in [0.4, 0.5) is 0 Å². The SMILES string of the molecule is COc1cc(C(=O)Cc2cccc(-c3cccc(-c4cnc(CN5CC6(CC(O)C6)C5)c(OC)n4)c3Cl)c2Cl)nc2c1CCN(CCO[Si](C)(C)C(C)(C)C)C2. The molecule has 56 heavy (non-hydrogen) atoms. The lowest BCUT2D eigenvalue weighted by atomic mass is 9.62. The maximum absolute atomic E-state index is 13.9.